The second kappa shape index (κ2) is 11.2. The van der Waals surface area contributed by atoms with Crippen molar-refractivity contribution in [2.75, 3.05) is 16.8 Å². The Bertz CT molecular complexity index is 1690. The van der Waals surface area contributed by atoms with Gasteiger partial charge >= 0.3 is 0 Å². The Morgan fingerprint density at radius 3 is 2.20 bits per heavy atom. The lowest BCUT2D eigenvalue weighted by Crippen LogP contribution is -2.32. The van der Waals surface area contributed by atoms with Crippen molar-refractivity contribution in [3.05, 3.63) is 126 Å². The highest BCUT2D eigenvalue weighted by molar-refractivity contribution is 6.10. The van der Waals surface area contributed by atoms with Crippen molar-refractivity contribution in [2.24, 2.45) is 7.05 Å². The first-order valence-electron chi connectivity index (χ1n) is 13.0. The van der Waals surface area contributed by atoms with Crippen LogP contribution in [0.5, 0.6) is 0 Å². The van der Waals surface area contributed by atoms with Gasteiger partial charge in [-0.15, -0.1) is 12.4 Å². The maximum atomic E-state index is 13.7. The van der Waals surface area contributed by atoms with Gasteiger partial charge < -0.3 is 14.8 Å². The first-order chi connectivity index (χ1) is 19.0. The van der Waals surface area contributed by atoms with Gasteiger partial charge in [0.1, 0.15) is 5.82 Å². The van der Waals surface area contributed by atoms with E-state index in [1.807, 2.05) is 97.7 Å². The van der Waals surface area contributed by atoms with E-state index in [2.05, 4.69) is 9.88 Å². The molecular weight excluding hydrogens is 520 g/mol. The topological polar surface area (TPSA) is 67.2 Å². The van der Waals surface area contributed by atoms with Gasteiger partial charge in [0.2, 0.25) is 0 Å². The molecule has 40 heavy (non-hydrogen) atoms. The molecule has 0 spiro atoms. The largest absolute Gasteiger partial charge is 0.335 e. The van der Waals surface area contributed by atoms with Crippen LogP contribution in [0.2, 0.25) is 0 Å². The number of amides is 2. The van der Waals surface area contributed by atoms with Crippen LogP contribution in [0.4, 0.5) is 11.4 Å². The van der Waals surface area contributed by atoms with E-state index in [-0.39, 0.29) is 24.2 Å². The number of carbonyl (C=O) groups is 2. The van der Waals surface area contributed by atoms with Crippen molar-refractivity contribution in [2.45, 2.75) is 13.3 Å². The van der Waals surface area contributed by atoms with E-state index in [0.29, 0.717) is 29.8 Å². The van der Waals surface area contributed by atoms with E-state index >= 15 is 0 Å². The van der Waals surface area contributed by atoms with Crippen molar-refractivity contribution in [1.82, 2.24) is 9.55 Å². The summed E-state index contributed by atoms with van der Waals surface area (Å²) >= 11 is 0. The van der Waals surface area contributed by atoms with E-state index < -0.39 is 0 Å². The Morgan fingerprint density at radius 1 is 0.800 bits per heavy atom. The SMILES string of the molecule is Cc1nc2c(n1C)CCN(C(=O)c1ccc(NC(=O)c3ccccc3-c3ccccc3)cc1)c1ccccc1-2.Cl. The number of aryl methyl sites for hydroxylation is 1. The van der Waals surface area contributed by atoms with Crippen molar-refractivity contribution in [3.63, 3.8) is 0 Å². The number of halogens is 1. The molecule has 5 aromatic rings. The van der Waals surface area contributed by atoms with Crippen molar-refractivity contribution in [1.29, 1.82) is 0 Å². The molecule has 200 valence electrons. The molecule has 7 heteroatoms. The molecule has 4 aromatic carbocycles. The molecule has 0 saturated heterocycles. The van der Waals surface area contributed by atoms with Crippen LogP contribution < -0.4 is 10.2 Å². The number of fused-ring (bicyclic) bond motifs is 3. The summed E-state index contributed by atoms with van der Waals surface area (Å²) in [5.41, 5.74) is 7.51. The number of imidazole rings is 1. The first kappa shape index (κ1) is 26.9. The summed E-state index contributed by atoms with van der Waals surface area (Å²) in [6.07, 6.45) is 0.710. The maximum absolute atomic E-state index is 13.7. The molecule has 2 amide bonds. The molecule has 6 nitrogen and oxygen atoms in total. The van der Waals surface area contributed by atoms with Gasteiger partial charge in [-0.25, -0.2) is 4.98 Å². The average Bonchev–Trinajstić information content (AvgIpc) is 3.16. The lowest BCUT2D eigenvalue weighted by molar-refractivity contribution is 0.0986. The highest BCUT2D eigenvalue weighted by Crippen LogP contribution is 2.36. The molecule has 1 aliphatic rings. The maximum Gasteiger partial charge on any atom is 0.258 e. The van der Waals surface area contributed by atoms with Gasteiger partial charge in [0.15, 0.2) is 0 Å². The molecule has 1 aliphatic heterocycles. The minimum absolute atomic E-state index is 0. The van der Waals surface area contributed by atoms with Crippen molar-refractivity contribution >= 4 is 35.6 Å². The third-order valence-corrected chi connectivity index (χ3v) is 7.35. The fraction of sp³-hybridized carbons (Fsp3) is 0.121. The molecule has 0 fully saturated rings. The predicted octanol–water partition coefficient (Wildman–Crippen LogP) is 6.94. The standard InChI is InChI=1S/C33H28N4O2.ClH/c1-22-34-31-28-14-8-9-15-29(28)37(21-20-30(31)36(22)2)33(39)24-16-18-25(19-17-24)35-32(38)27-13-7-6-12-26(27)23-10-4-3-5-11-23;/h3-19H,20-21H2,1-2H3,(H,35,38);1H. The fourth-order valence-electron chi connectivity index (χ4n) is 5.22. The Hall–Kier alpha value is -4.68. The van der Waals surface area contributed by atoms with Crippen molar-refractivity contribution in [3.8, 4) is 22.4 Å². The number of hydrogen-bond acceptors (Lipinski definition) is 3. The highest BCUT2D eigenvalue weighted by Gasteiger charge is 2.28. The number of aromatic nitrogens is 2. The minimum atomic E-state index is -0.199. The fourth-order valence-corrected chi connectivity index (χ4v) is 5.22. The van der Waals surface area contributed by atoms with E-state index in [9.17, 15) is 9.59 Å². The summed E-state index contributed by atoms with van der Waals surface area (Å²) in [5, 5.41) is 2.98. The van der Waals surface area contributed by atoms with Crippen molar-refractivity contribution < 1.29 is 9.59 Å². The summed E-state index contributed by atoms with van der Waals surface area (Å²) in [6.45, 7) is 2.55. The molecule has 0 atom stereocenters. The first-order valence-corrected chi connectivity index (χ1v) is 13.0. The monoisotopic (exact) mass is 548 g/mol. The normalized spacial score (nSPS) is 12.0. The van der Waals surface area contributed by atoms with Crippen LogP contribution in [0.25, 0.3) is 22.4 Å². The van der Waals surface area contributed by atoms with Crippen LogP contribution >= 0.6 is 12.4 Å². The van der Waals surface area contributed by atoms with Crippen LogP contribution in [0.1, 0.15) is 32.2 Å². The van der Waals surface area contributed by atoms with Crippen LogP contribution in [0.15, 0.2) is 103 Å². The van der Waals surface area contributed by atoms with Gasteiger partial charge in [-0.05, 0) is 54.4 Å². The second-order valence-corrected chi connectivity index (χ2v) is 9.68. The summed E-state index contributed by atoms with van der Waals surface area (Å²) in [5.74, 6) is 0.674. The molecule has 1 N–H and O–H groups in total. The number of carbonyl (C=O) groups excluding carboxylic acids is 2. The number of para-hydroxylation sites is 1. The highest BCUT2D eigenvalue weighted by atomic mass is 35.5. The molecule has 0 unspecified atom stereocenters. The molecule has 0 radical (unpaired) electrons. The zero-order valence-electron chi connectivity index (χ0n) is 22.3. The van der Waals surface area contributed by atoms with Gasteiger partial charge in [0.05, 0.1) is 11.4 Å². The van der Waals surface area contributed by atoms with Gasteiger partial charge in [-0.1, -0.05) is 66.7 Å². The second-order valence-electron chi connectivity index (χ2n) is 9.68. The summed E-state index contributed by atoms with van der Waals surface area (Å²) in [6, 6.07) is 32.4. The van der Waals surface area contributed by atoms with E-state index in [0.717, 1.165) is 39.6 Å². The summed E-state index contributed by atoms with van der Waals surface area (Å²) in [4.78, 5) is 33.5. The molecule has 6 rings (SSSR count). The third kappa shape index (κ3) is 4.90. The Balaban J connectivity index is 0.00000323. The van der Waals surface area contributed by atoms with Gasteiger partial charge in [-0.3, -0.25) is 9.59 Å². The van der Waals surface area contributed by atoms with E-state index in [1.54, 1.807) is 24.3 Å². The number of anilines is 2. The van der Waals surface area contributed by atoms with Crippen LogP contribution in [0.3, 0.4) is 0 Å². The van der Waals surface area contributed by atoms with Gasteiger partial charge in [-0.2, -0.15) is 0 Å². The molecule has 0 aliphatic carbocycles. The Morgan fingerprint density at radius 2 is 1.45 bits per heavy atom. The minimum Gasteiger partial charge on any atom is -0.335 e. The van der Waals surface area contributed by atoms with Crippen LogP contribution in [-0.4, -0.2) is 27.9 Å². The molecular formula is C33H29ClN4O2. The molecule has 2 heterocycles. The number of nitrogens with one attached hydrogen (secondary N) is 1. The van der Waals surface area contributed by atoms with Gasteiger partial charge in [0.25, 0.3) is 11.8 Å². The molecule has 0 bridgehead atoms. The zero-order chi connectivity index (χ0) is 26.9. The smallest absolute Gasteiger partial charge is 0.258 e. The number of rotatable bonds is 4. The van der Waals surface area contributed by atoms with Crippen LogP contribution in [-0.2, 0) is 13.5 Å². The third-order valence-electron chi connectivity index (χ3n) is 7.35. The lowest BCUT2D eigenvalue weighted by atomic mass is 9.99. The number of benzene rings is 4. The lowest BCUT2D eigenvalue weighted by Gasteiger charge is -2.23. The van der Waals surface area contributed by atoms with E-state index in [4.69, 9.17) is 4.98 Å². The average molecular weight is 549 g/mol. The zero-order valence-corrected chi connectivity index (χ0v) is 23.1. The summed E-state index contributed by atoms with van der Waals surface area (Å²) < 4.78 is 2.10. The Kier molecular flexibility index (Phi) is 7.54. The number of nitrogens with zero attached hydrogens (tertiary/aromatic N) is 3. The van der Waals surface area contributed by atoms with E-state index in [1.165, 1.54) is 0 Å². The molecule has 1 aromatic heterocycles. The Labute approximate surface area is 239 Å². The predicted molar refractivity (Wildman–Crippen MR) is 162 cm³/mol. The molecule has 0 saturated carbocycles. The number of hydrogen-bond donors (Lipinski definition) is 1. The van der Waals surface area contributed by atoms with Crippen LogP contribution in [0, 0.1) is 6.92 Å². The quantitative estimate of drug-likeness (QED) is 0.264. The van der Waals surface area contributed by atoms with Gasteiger partial charge in [0, 0.05) is 48.1 Å². The summed E-state index contributed by atoms with van der Waals surface area (Å²) in [7, 11) is 2.02.